The Balaban J connectivity index is 2.49. The Kier molecular flexibility index (Phi) is 4.22. The van der Waals surface area contributed by atoms with Crippen molar-refractivity contribution in [2.45, 2.75) is 19.4 Å². The molecule has 0 unspecified atom stereocenters. The van der Waals surface area contributed by atoms with E-state index >= 15 is 0 Å². The molecule has 0 fully saturated rings. The first kappa shape index (κ1) is 14.3. The molecule has 1 heterocycles. The molecule has 0 aliphatic rings. The highest BCUT2D eigenvalue weighted by atomic mass is 17.1. The molecule has 0 bridgehead atoms. The Hall–Kier alpha value is -2.11. The zero-order chi connectivity index (χ0) is 14.7. The van der Waals surface area contributed by atoms with Crippen LogP contribution in [0.25, 0.3) is 11.0 Å². The lowest BCUT2D eigenvalue weighted by Gasteiger charge is -2.16. The van der Waals surface area contributed by atoms with Crippen LogP contribution in [-0.4, -0.2) is 18.5 Å². The highest BCUT2D eigenvalue weighted by Crippen LogP contribution is 2.27. The van der Waals surface area contributed by atoms with E-state index in [9.17, 15) is 4.79 Å². The molecule has 5 nitrogen and oxygen atoms in total. The van der Waals surface area contributed by atoms with Crippen LogP contribution in [0.2, 0.25) is 0 Å². The fourth-order valence-electron chi connectivity index (χ4n) is 1.99. The third-order valence-electron chi connectivity index (χ3n) is 3.10. The van der Waals surface area contributed by atoms with Crippen molar-refractivity contribution in [3.8, 4) is 5.75 Å². The molecule has 0 radical (unpaired) electrons. The number of benzene rings is 1. The van der Waals surface area contributed by atoms with Crippen LogP contribution in [0, 0.1) is 0 Å². The van der Waals surface area contributed by atoms with E-state index in [1.165, 1.54) is 13.2 Å². The molecule has 0 aliphatic carbocycles. The summed E-state index contributed by atoms with van der Waals surface area (Å²) in [6.45, 7) is 5.54. The molecule has 5 heteroatoms. The van der Waals surface area contributed by atoms with Gasteiger partial charge in [-0.05, 0) is 30.2 Å². The van der Waals surface area contributed by atoms with Gasteiger partial charge in [-0.25, -0.2) is 9.68 Å². The van der Waals surface area contributed by atoms with Gasteiger partial charge in [0.2, 0.25) is 0 Å². The van der Waals surface area contributed by atoms with Crippen molar-refractivity contribution in [3.63, 3.8) is 0 Å². The molecule has 0 spiro atoms. The molecule has 2 aromatic rings. The van der Waals surface area contributed by atoms with Crippen LogP contribution in [0.15, 0.2) is 45.6 Å². The number of hydrogen-bond donors (Lipinski definition) is 1. The van der Waals surface area contributed by atoms with Gasteiger partial charge in [-0.15, -0.1) is 0 Å². The van der Waals surface area contributed by atoms with E-state index in [2.05, 4.69) is 11.5 Å². The molecule has 1 aromatic heterocycles. The first-order valence-corrected chi connectivity index (χ1v) is 6.11. The van der Waals surface area contributed by atoms with E-state index in [-0.39, 0.29) is 0 Å². The maximum atomic E-state index is 11.2. The van der Waals surface area contributed by atoms with E-state index in [1.54, 1.807) is 19.1 Å². The Morgan fingerprint density at radius 3 is 2.80 bits per heavy atom. The maximum Gasteiger partial charge on any atom is 0.336 e. The van der Waals surface area contributed by atoms with E-state index in [0.29, 0.717) is 23.3 Å². The van der Waals surface area contributed by atoms with Crippen LogP contribution in [0.1, 0.15) is 12.5 Å². The van der Waals surface area contributed by atoms with Crippen LogP contribution < -0.4 is 10.4 Å². The van der Waals surface area contributed by atoms with Gasteiger partial charge < -0.3 is 9.15 Å². The first-order chi connectivity index (χ1) is 9.55. The number of rotatable bonds is 5. The summed E-state index contributed by atoms with van der Waals surface area (Å²) < 4.78 is 10.4. The molecule has 0 amide bonds. The van der Waals surface area contributed by atoms with Crippen molar-refractivity contribution in [1.29, 1.82) is 0 Å². The zero-order valence-electron chi connectivity index (χ0n) is 11.4. The van der Waals surface area contributed by atoms with Gasteiger partial charge in [0, 0.05) is 23.9 Å². The van der Waals surface area contributed by atoms with Crippen LogP contribution in [0.5, 0.6) is 5.75 Å². The molecule has 1 atom stereocenters. The van der Waals surface area contributed by atoms with Crippen molar-refractivity contribution in [1.82, 2.24) is 0 Å². The van der Waals surface area contributed by atoms with Gasteiger partial charge in [0.25, 0.3) is 0 Å². The minimum atomic E-state index is -0.517. The molecule has 0 saturated carbocycles. The standard InChI is InChI=1S/C15H16O5/c1-9(2)12(20-17)7-11-6-10-4-5-15(16)19-14(10)8-13(11)18-3/h4-6,8,12,17H,1,7H2,2-3H3/t12-/m1/s1. The Bertz CT molecular complexity index is 686. The summed E-state index contributed by atoms with van der Waals surface area (Å²) in [5.41, 5.74) is 1.57. The maximum absolute atomic E-state index is 11.2. The highest BCUT2D eigenvalue weighted by molar-refractivity contribution is 5.79. The number of ether oxygens (including phenoxy) is 1. The molecule has 20 heavy (non-hydrogen) atoms. The average molecular weight is 276 g/mol. The SMILES string of the molecule is C=C(C)[C@@H](Cc1cc2ccc(=O)oc2cc1OC)OO. The van der Waals surface area contributed by atoms with E-state index in [1.807, 2.05) is 6.07 Å². The van der Waals surface area contributed by atoms with Crippen LogP contribution in [-0.2, 0) is 11.3 Å². The van der Waals surface area contributed by atoms with Gasteiger partial charge in [-0.3, -0.25) is 5.26 Å². The summed E-state index contributed by atoms with van der Waals surface area (Å²) in [4.78, 5) is 15.6. The first-order valence-electron chi connectivity index (χ1n) is 6.11. The van der Waals surface area contributed by atoms with Crippen LogP contribution in [0.3, 0.4) is 0 Å². The smallest absolute Gasteiger partial charge is 0.336 e. The summed E-state index contributed by atoms with van der Waals surface area (Å²) >= 11 is 0. The molecule has 1 aromatic carbocycles. The third kappa shape index (κ3) is 2.89. The van der Waals surface area contributed by atoms with Crippen LogP contribution in [0.4, 0.5) is 0 Å². The summed E-state index contributed by atoms with van der Waals surface area (Å²) in [5, 5.41) is 9.69. The van der Waals surface area contributed by atoms with Gasteiger partial charge in [-0.1, -0.05) is 6.58 Å². The van der Waals surface area contributed by atoms with E-state index in [0.717, 1.165) is 10.9 Å². The third-order valence-corrected chi connectivity index (χ3v) is 3.10. The Labute approximate surface area is 116 Å². The molecule has 1 N–H and O–H groups in total. The average Bonchev–Trinajstić information content (AvgIpc) is 2.43. The summed E-state index contributed by atoms with van der Waals surface area (Å²) in [5.74, 6) is 0.565. The molecular weight excluding hydrogens is 260 g/mol. The second-order valence-electron chi connectivity index (χ2n) is 4.60. The molecule has 2 rings (SSSR count). The fourth-order valence-corrected chi connectivity index (χ4v) is 1.99. The van der Waals surface area contributed by atoms with Crippen molar-refractivity contribution in [2.75, 3.05) is 7.11 Å². The normalized spacial score (nSPS) is 12.3. The van der Waals surface area contributed by atoms with Crippen molar-refractivity contribution >= 4 is 11.0 Å². The summed E-state index contributed by atoms with van der Waals surface area (Å²) in [6.07, 6.45) is -0.110. The largest absolute Gasteiger partial charge is 0.496 e. The molecule has 0 saturated heterocycles. The van der Waals surface area contributed by atoms with Crippen molar-refractivity contribution in [2.24, 2.45) is 0 Å². The zero-order valence-corrected chi connectivity index (χ0v) is 11.4. The van der Waals surface area contributed by atoms with E-state index < -0.39 is 11.7 Å². The van der Waals surface area contributed by atoms with Crippen molar-refractivity contribution in [3.05, 3.63) is 52.4 Å². The predicted octanol–water partition coefficient (Wildman–Crippen LogP) is 2.78. The van der Waals surface area contributed by atoms with Gasteiger partial charge in [0.15, 0.2) is 0 Å². The van der Waals surface area contributed by atoms with Crippen molar-refractivity contribution < 1.29 is 19.3 Å². The quantitative estimate of drug-likeness (QED) is 0.393. The topological polar surface area (TPSA) is 68.9 Å². The molecular formula is C15H16O5. The van der Waals surface area contributed by atoms with Crippen LogP contribution >= 0.6 is 0 Å². The number of methoxy groups -OCH3 is 1. The lowest BCUT2D eigenvalue weighted by molar-refractivity contribution is -0.268. The van der Waals surface area contributed by atoms with Gasteiger partial charge in [-0.2, -0.15) is 0 Å². The predicted molar refractivity (Wildman–Crippen MR) is 75.1 cm³/mol. The number of hydrogen-bond acceptors (Lipinski definition) is 5. The van der Waals surface area contributed by atoms with Gasteiger partial charge >= 0.3 is 5.63 Å². The molecule has 0 aliphatic heterocycles. The minimum Gasteiger partial charge on any atom is -0.496 e. The fraction of sp³-hybridized carbons (Fsp3) is 0.267. The lowest BCUT2D eigenvalue weighted by Crippen LogP contribution is -2.15. The number of fused-ring (bicyclic) bond motifs is 1. The minimum absolute atomic E-state index is 0.407. The summed E-state index contributed by atoms with van der Waals surface area (Å²) in [7, 11) is 1.53. The second kappa shape index (κ2) is 5.90. The van der Waals surface area contributed by atoms with Gasteiger partial charge in [0.1, 0.15) is 17.4 Å². The summed E-state index contributed by atoms with van der Waals surface area (Å²) in [6, 6.07) is 6.53. The lowest BCUT2D eigenvalue weighted by atomic mass is 10.0. The Morgan fingerprint density at radius 2 is 2.20 bits per heavy atom. The molecule has 106 valence electrons. The highest BCUT2D eigenvalue weighted by Gasteiger charge is 2.15. The van der Waals surface area contributed by atoms with Gasteiger partial charge in [0.05, 0.1) is 7.11 Å². The second-order valence-corrected chi connectivity index (χ2v) is 4.60. The monoisotopic (exact) mass is 276 g/mol. The Morgan fingerprint density at radius 1 is 1.45 bits per heavy atom. The van der Waals surface area contributed by atoms with E-state index in [4.69, 9.17) is 14.4 Å².